The molecule has 0 radical (unpaired) electrons. The molecule has 0 rings (SSSR count). The van der Waals surface area contributed by atoms with Gasteiger partial charge in [-0.15, -0.1) is 0 Å². The number of rotatable bonds is 7. The third kappa shape index (κ3) is 6.89. The van der Waals surface area contributed by atoms with E-state index >= 15 is 0 Å². The molecule has 3 amide bonds. The van der Waals surface area contributed by atoms with Crippen LogP contribution in [0.25, 0.3) is 0 Å². The van der Waals surface area contributed by atoms with E-state index in [9.17, 15) is 14.4 Å². The molecule has 4 N–H and O–H groups in total. The largest absolute Gasteiger partial charge is 0.357 e. The highest BCUT2D eigenvalue weighted by Crippen LogP contribution is 2.22. The van der Waals surface area contributed by atoms with Gasteiger partial charge in [0.1, 0.15) is 6.04 Å². The lowest BCUT2D eigenvalue weighted by Crippen LogP contribution is -2.54. The summed E-state index contributed by atoms with van der Waals surface area (Å²) >= 11 is 0. The van der Waals surface area contributed by atoms with Crippen LogP contribution in [0.15, 0.2) is 0 Å². The number of likely N-dealkylation sites (N-methyl/N-ethyl adjacent to an activating group) is 1. The summed E-state index contributed by atoms with van der Waals surface area (Å²) in [5.74, 6) is -1.65. The van der Waals surface area contributed by atoms with E-state index in [1.807, 2.05) is 34.6 Å². The van der Waals surface area contributed by atoms with Crippen molar-refractivity contribution in [2.45, 2.75) is 53.5 Å². The van der Waals surface area contributed by atoms with Crippen molar-refractivity contribution < 1.29 is 19.6 Å². The molecule has 0 aromatic heterocycles. The zero-order valence-electron chi connectivity index (χ0n) is 14.3. The van der Waals surface area contributed by atoms with Crippen LogP contribution in [0.1, 0.15) is 47.5 Å². The Morgan fingerprint density at radius 1 is 1.09 bits per heavy atom. The van der Waals surface area contributed by atoms with Crippen LogP contribution in [0.3, 0.4) is 0 Å². The average molecular weight is 315 g/mol. The third-order valence-electron chi connectivity index (χ3n) is 3.34. The molecule has 0 aromatic carbocycles. The van der Waals surface area contributed by atoms with Gasteiger partial charge in [-0.05, 0) is 17.8 Å². The fraction of sp³-hybridized carbons (Fsp3) is 0.800. The average Bonchev–Trinajstić information content (AvgIpc) is 2.40. The summed E-state index contributed by atoms with van der Waals surface area (Å²) < 4.78 is 0. The van der Waals surface area contributed by atoms with E-state index < -0.39 is 23.3 Å². The SMILES string of the molecule is CNC(=O)C(NC(=O)[C@@H](CC(=O)NO)CC(C)C)C(C)(C)C. The molecule has 7 heteroatoms. The molecule has 22 heavy (non-hydrogen) atoms. The Morgan fingerprint density at radius 2 is 1.64 bits per heavy atom. The number of carbonyl (C=O) groups is 3. The van der Waals surface area contributed by atoms with Gasteiger partial charge in [0, 0.05) is 19.4 Å². The Balaban J connectivity index is 5.11. The van der Waals surface area contributed by atoms with Gasteiger partial charge >= 0.3 is 0 Å². The zero-order valence-corrected chi connectivity index (χ0v) is 14.3. The second-order valence-corrected chi connectivity index (χ2v) is 6.99. The van der Waals surface area contributed by atoms with Gasteiger partial charge < -0.3 is 10.6 Å². The first-order chi connectivity index (χ1) is 10.0. The van der Waals surface area contributed by atoms with Crippen molar-refractivity contribution in [1.82, 2.24) is 16.1 Å². The summed E-state index contributed by atoms with van der Waals surface area (Å²) in [5.41, 5.74) is 1.08. The van der Waals surface area contributed by atoms with Gasteiger partial charge in [-0.3, -0.25) is 19.6 Å². The number of hydroxylamine groups is 1. The van der Waals surface area contributed by atoms with Gasteiger partial charge in [0.2, 0.25) is 17.7 Å². The van der Waals surface area contributed by atoms with Gasteiger partial charge in [0.25, 0.3) is 0 Å². The number of nitrogens with one attached hydrogen (secondary N) is 3. The van der Waals surface area contributed by atoms with Crippen LogP contribution >= 0.6 is 0 Å². The third-order valence-corrected chi connectivity index (χ3v) is 3.34. The Hall–Kier alpha value is -1.63. The molecule has 0 bridgehead atoms. The van der Waals surface area contributed by atoms with Crippen molar-refractivity contribution in [3.63, 3.8) is 0 Å². The summed E-state index contributed by atoms with van der Waals surface area (Å²) in [5, 5.41) is 13.9. The van der Waals surface area contributed by atoms with Crippen LogP contribution in [0, 0.1) is 17.3 Å². The highest BCUT2D eigenvalue weighted by Gasteiger charge is 2.34. The fourth-order valence-electron chi connectivity index (χ4n) is 2.20. The molecule has 0 spiro atoms. The Labute approximate surface area is 132 Å². The van der Waals surface area contributed by atoms with Gasteiger partial charge in [-0.25, -0.2) is 5.48 Å². The molecule has 0 aromatic rings. The quantitative estimate of drug-likeness (QED) is 0.412. The smallest absolute Gasteiger partial charge is 0.244 e. The summed E-state index contributed by atoms with van der Waals surface area (Å²) in [6, 6.07) is -0.697. The highest BCUT2D eigenvalue weighted by molar-refractivity contribution is 5.90. The second kappa shape index (κ2) is 8.73. The minimum Gasteiger partial charge on any atom is -0.357 e. The Bertz CT molecular complexity index is 402. The number of amides is 3. The van der Waals surface area contributed by atoms with Crippen LogP contribution in [0.2, 0.25) is 0 Å². The van der Waals surface area contributed by atoms with Crippen molar-refractivity contribution in [3.05, 3.63) is 0 Å². The van der Waals surface area contributed by atoms with Crippen LogP contribution < -0.4 is 16.1 Å². The maximum absolute atomic E-state index is 12.5. The molecule has 0 aliphatic carbocycles. The van der Waals surface area contributed by atoms with Crippen LogP contribution in [0.5, 0.6) is 0 Å². The van der Waals surface area contributed by atoms with E-state index in [1.165, 1.54) is 7.05 Å². The first-order valence-electron chi connectivity index (χ1n) is 7.47. The molecule has 0 fully saturated rings. The van der Waals surface area contributed by atoms with Crippen molar-refractivity contribution in [3.8, 4) is 0 Å². The molecule has 0 saturated heterocycles. The lowest BCUT2D eigenvalue weighted by atomic mass is 9.85. The first kappa shape index (κ1) is 20.4. The lowest BCUT2D eigenvalue weighted by molar-refractivity contribution is -0.137. The van der Waals surface area contributed by atoms with Crippen molar-refractivity contribution in [1.29, 1.82) is 0 Å². The van der Waals surface area contributed by atoms with Gasteiger partial charge in [0.05, 0.1) is 0 Å². The summed E-state index contributed by atoms with van der Waals surface area (Å²) in [6.07, 6.45) is 0.370. The highest BCUT2D eigenvalue weighted by atomic mass is 16.5. The molecule has 7 nitrogen and oxygen atoms in total. The Kier molecular flexibility index (Phi) is 8.08. The van der Waals surface area contributed by atoms with Crippen molar-refractivity contribution in [2.75, 3.05) is 7.05 Å². The summed E-state index contributed by atoms with van der Waals surface area (Å²) in [7, 11) is 1.51. The maximum Gasteiger partial charge on any atom is 0.244 e. The monoisotopic (exact) mass is 315 g/mol. The predicted molar refractivity (Wildman–Crippen MR) is 82.9 cm³/mol. The van der Waals surface area contributed by atoms with E-state index in [1.54, 1.807) is 5.48 Å². The summed E-state index contributed by atoms with van der Waals surface area (Å²) in [4.78, 5) is 35.8. The number of hydrogen-bond donors (Lipinski definition) is 4. The fourth-order valence-corrected chi connectivity index (χ4v) is 2.20. The molecule has 0 aliphatic heterocycles. The molecule has 2 atom stereocenters. The van der Waals surface area contributed by atoms with Crippen LogP contribution in [0.4, 0.5) is 0 Å². The van der Waals surface area contributed by atoms with E-state index in [4.69, 9.17) is 5.21 Å². The minimum atomic E-state index is -0.697. The van der Waals surface area contributed by atoms with Crippen LogP contribution in [-0.4, -0.2) is 36.0 Å². The second-order valence-electron chi connectivity index (χ2n) is 6.99. The molecule has 0 heterocycles. The number of carbonyl (C=O) groups excluding carboxylic acids is 3. The van der Waals surface area contributed by atoms with E-state index in [0.717, 1.165) is 0 Å². The molecule has 1 unspecified atom stereocenters. The maximum atomic E-state index is 12.5. The van der Waals surface area contributed by atoms with Crippen LogP contribution in [-0.2, 0) is 14.4 Å². The molecule has 0 saturated carbocycles. The van der Waals surface area contributed by atoms with E-state index in [2.05, 4.69) is 10.6 Å². The molecule has 0 aliphatic rings. The molecular formula is C15H29N3O4. The zero-order chi connectivity index (χ0) is 17.5. The van der Waals surface area contributed by atoms with E-state index in [0.29, 0.717) is 6.42 Å². The van der Waals surface area contributed by atoms with Crippen molar-refractivity contribution in [2.24, 2.45) is 17.3 Å². The standard InChI is InChI=1S/C15H29N3O4/c1-9(2)7-10(8-11(19)18-22)13(20)17-12(14(21)16-6)15(3,4)5/h9-10,12,22H,7-8H2,1-6H3,(H,16,21)(H,17,20)(H,18,19)/t10-,12?/m1/s1. The first-order valence-corrected chi connectivity index (χ1v) is 7.47. The lowest BCUT2D eigenvalue weighted by Gasteiger charge is -2.31. The van der Waals surface area contributed by atoms with Gasteiger partial charge in [-0.2, -0.15) is 0 Å². The van der Waals surface area contributed by atoms with Crippen molar-refractivity contribution >= 4 is 17.7 Å². The number of hydrogen-bond acceptors (Lipinski definition) is 4. The molecular weight excluding hydrogens is 286 g/mol. The normalized spacial score (nSPS) is 14.2. The molecule has 128 valence electrons. The van der Waals surface area contributed by atoms with E-state index in [-0.39, 0.29) is 24.2 Å². The van der Waals surface area contributed by atoms with Gasteiger partial charge in [0.15, 0.2) is 0 Å². The predicted octanol–water partition coefficient (Wildman–Crippen LogP) is 0.821. The van der Waals surface area contributed by atoms with Gasteiger partial charge in [-0.1, -0.05) is 34.6 Å². The summed E-state index contributed by atoms with van der Waals surface area (Å²) in [6.45, 7) is 9.44. The minimum absolute atomic E-state index is 0.120. The topological polar surface area (TPSA) is 108 Å². The Morgan fingerprint density at radius 3 is 2.00 bits per heavy atom.